The van der Waals surface area contributed by atoms with Crippen LogP contribution in [0.2, 0.25) is 5.02 Å². The molecule has 0 fully saturated rings. The second-order valence-electron chi connectivity index (χ2n) is 4.04. The minimum absolute atomic E-state index is 0.0424. The Morgan fingerprint density at radius 1 is 1.56 bits per heavy atom. The SMILES string of the molecule is Cn1ccnc1CC(NN)c1cc(Cl)ccc1Br. The Hall–Kier alpha value is -0.880. The summed E-state index contributed by atoms with van der Waals surface area (Å²) in [6.45, 7) is 0. The van der Waals surface area contributed by atoms with Crippen molar-refractivity contribution < 1.29 is 0 Å². The summed E-state index contributed by atoms with van der Waals surface area (Å²) in [5.41, 5.74) is 3.83. The van der Waals surface area contributed by atoms with E-state index in [9.17, 15) is 0 Å². The molecule has 0 aliphatic rings. The number of nitrogens with one attached hydrogen (secondary N) is 1. The second-order valence-corrected chi connectivity index (χ2v) is 5.33. The van der Waals surface area contributed by atoms with Crippen LogP contribution < -0.4 is 11.3 Å². The molecule has 1 atom stereocenters. The van der Waals surface area contributed by atoms with E-state index in [1.165, 1.54) is 0 Å². The number of aromatic nitrogens is 2. The van der Waals surface area contributed by atoms with E-state index in [2.05, 4.69) is 26.3 Å². The summed E-state index contributed by atoms with van der Waals surface area (Å²) >= 11 is 9.53. The lowest BCUT2D eigenvalue weighted by Crippen LogP contribution is -2.30. The number of halogens is 2. The summed E-state index contributed by atoms with van der Waals surface area (Å²) in [5.74, 6) is 6.60. The van der Waals surface area contributed by atoms with Gasteiger partial charge in [0.05, 0.1) is 6.04 Å². The van der Waals surface area contributed by atoms with Gasteiger partial charge in [-0.2, -0.15) is 0 Å². The largest absolute Gasteiger partial charge is 0.338 e. The molecule has 1 heterocycles. The van der Waals surface area contributed by atoms with Crippen LogP contribution in [0.25, 0.3) is 0 Å². The van der Waals surface area contributed by atoms with E-state index in [-0.39, 0.29) is 6.04 Å². The maximum atomic E-state index is 6.02. The van der Waals surface area contributed by atoms with Crippen LogP contribution in [0.15, 0.2) is 35.1 Å². The zero-order valence-corrected chi connectivity index (χ0v) is 12.2. The number of nitrogens with zero attached hydrogens (tertiary/aromatic N) is 2. The lowest BCUT2D eigenvalue weighted by Gasteiger charge is -2.18. The van der Waals surface area contributed by atoms with Gasteiger partial charge < -0.3 is 4.57 Å². The minimum Gasteiger partial charge on any atom is -0.338 e. The van der Waals surface area contributed by atoms with E-state index in [0.717, 1.165) is 15.9 Å². The molecule has 18 heavy (non-hydrogen) atoms. The molecule has 0 amide bonds. The fraction of sp³-hybridized carbons (Fsp3) is 0.250. The number of nitrogens with two attached hydrogens (primary N) is 1. The molecule has 6 heteroatoms. The smallest absolute Gasteiger partial charge is 0.110 e. The Labute approximate surface area is 119 Å². The van der Waals surface area contributed by atoms with Gasteiger partial charge in [-0.1, -0.05) is 27.5 Å². The van der Waals surface area contributed by atoms with Crippen LogP contribution in [0.4, 0.5) is 0 Å². The molecule has 1 aromatic heterocycles. The van der Waals surface area contributed by atoms with Crippen LogP contribution in [0.3, 0.4) is 0 Å². The first-order chi connectivity index (χ1) is 8.61. The maximum absolute atomic E-state index is 6.02. The van der Waals surface area contributed by atoms with Gasteiger partial charge in [-0.15, -0.1) is 0 Å². The third-order valence-electron chi connectivity index (χ3n) is 2.84. The number of hydrogen-bond acceptors (Lipinski definition) is 3. The van der Waals surface area contributed by atoms with Gasteiger partial charge >= 0.3 is 0 Å². The van der Waals surface area contributed by atoms with Gasteiger partial charge in [0, 0.05) is 35.4 Å². The van der Waals surface area contributed by atoms with Gasteiger partial charge in [0.25, 0.3) is 0 Å². The van der Waals surface area contributed by atoms with Crippen LogP contribution in [-0.4, -0.2) is 9.55 Å². The molecule has 2 rings (SSSR count). The Morgan fingerprint density at radius 3 is 2.94 bits per heavy atom. The molecule has 0 aliphatic heterocycles. The monoisotopic (exact) mass is 328 g/mol. The first-order valence-electron chi connectivity index (χ1n) is 5.49. The highest BCUT2D eigenvalue weighted by Gasteiger charge is 2.16. The molecular formula is C12H14BrClN4. The highest BCUT2D eigenvalue weighted by molar-refractivity contribution is 9.10. The Morgan fingerprint density at radius 2 is 2.33 bits per heavy atom. The number of hydrazine groups is 1. The Balaban J connectivity index is 2.28. The summed E-state index contributed by atoms with van der Waals surface area (Å²) in [7, 11) is 1.96. The van der Waals surface area contributed by atoms with E-state index in [0.29, 0.717) is 11.4 Å². The van der Waals surface area contributed by atoms with E-state index >= 15 is 0 Å². The molecule has 0 aliphatic carbocycles. The van der Waals surface area contributed by atoms with E-state index in [1.54, 1.807) is 6.20 Å². The van der Waals surface area contributed by atoms with Crippen molar-refractivity contribution in [3.8, 4) is 0 Å². The van der Waals surface area contributed by atoms with Crippen LogP contribution >= 0.6 is 27.5 Å². The van der Waals surface area contributed by atoms with Crippen molar-refractivity contribution in [2.75, 3.05) is 0 Å². The van der Waals surface area contributed by atoms with Crippen molar-refractivity contribution in [3.05, 3.63) is 51.5 Å². The quantitative estimate of drug-likeness (QED) is 0.669. The molecular weight excluding hydrogens is 316 g/mol. The van der Waals surface area contributed by atoms with Crippen LogP contribution in [-0.2, 0) is 13.5 Å². The first kappa shape index (κ1) is 13.5. The van der Waals surface area contributed by atoms with Gasteiger partial charge in [0.2, 0.25) is 0 Å². The zero-order valence-electron chi connectivity index (χ0n) is 9.90. The number of imidazole rings is 1. The van der Waals surface area contributed by atoms with E-state index in [1.807, 2.05) is 36.0 Å². The number of hydrogen-bond donors (Lipinski definition) is 2. The molecule has 1 unspecified atom stereocenters. The first-order valence-corrected chi connectivity index (χ1v) is 6.66. The predicted octanol–water partition coefficient (Wildman–Crippen LogP) is 2.58. The summed E-state index contributed by atoms with van der Waals surface area (Å²) < 4.78 is 2.95. The molecule has 0 radical (unpaired) electrons. The topological polar surface area (TPSA) is 55.9 Å². The molecule has 96 valence electrons. The minimum atomic E-state index is -0.0424. The van der Waals surface area contributed by atoms with Crippen molar-refractivity contribution in [2.45, 2.75) is 12.5 Å². The maximum Gasteiger partial charge on any atom is 0.110 e. The Kier molecular flexibility index (Phi) is 4.40. The Bertz CT molecular complexity index is 541. The standard InChI is InChI=1S/C12H14BrClN4/c1-18-5-4-16-12(18)7-11(17-15)9-6-8(14)2-3-10(9)13/h2-6,11,17H,7,15H2,1H3. The van der Waals surface area contributed by atoms with Gasteiger partial charge in [-0.25, -0.2) is 4.98 Å². The van der Waals surface area contributed by atoms with Gasteiger partial charge in [0.15, 0.2) is 0 Å². The van der Waals surface area contributed by atoms with Crippen LogP contribution in [0.1, 0.15) is 17.4 Å². The molecule has 3 N–H and O–H groups in total. The van der Waals surface area contributed by atoms with Crippen molar-refractivity contribution in [2.24, 2.45) is 12.9 Å². The van der Waals surface area contributed by atoms with E-state index < -0.39 is 0 Å². The third-order valence-corrected chi connectivity index (χ3v) is 3.80. The average Bonchev–Trinajstić information content (AvgIpc) is 2.75. The van der Waals surface area contributed by atoms with Crippen molar-refractivity contribution >= 4 is 27.5 Å². The third kappa shape index (κ3) is 2.92. The van der Waals surface area contributed by atoms with Crippen LogP contribution in [0, 0.1) is 0 Å². The van der Waals surface area contributed by atoms with Crippen molar-refractivity contribution in [1.82, 2.24) is 15.0 Å². The van der Waals surface area contributed by atoms with Gasteiger partial charge in [-0.05, 0) is 23.8 Å². The molecule has 0 saturated carbocycles. The zero-order chi connectivity index (χ0) is 13.1. The number of benzene rings is 1. The molecule has 0 bridgehead atoms. The normalized spacial score (nSPS) is 12.7. The number of rotatable bonds is 4. The van der Waals surface area contributed by atoms with Gasteiger partial charge in [0.1, 0.15) is 5.82 Å². The van der Waals surface area contributed by atoms with Crippen LogP contribution in [0.5, 0.6) is 0 Å². The molecule has 2 aromatic rings. The summed E-state index contributed by atoms with van der Waals surface area (Å²) in [6, 6.07) is 5.61. The lowest BCUT2D eigenvalue weighted by atomic mass is 10.0. The average molecular weight is 330 g/mol. The number of aryl methyl sites for hydroxylation is 1. The molecule has 0 saturated heterocycles. The summed E-state index contributed by atoms with van der Waals surface area (Å²) in [4.78, 5) is 4.30. The van der Waals surface area contributed by atoms with Gasteiger partial charge in [-0.3, -0.25) is 11.3 Å². The summed E-state index contributed by atoms with van der Waals surface area (Å²) in [5, 5.41) is 0.688. The predicted molar refractivity (Wildman–Crippen MR) is 76.1 cm³/mol. The summed E-state index contributed by atoms with van der Waals surface area (Å²) in [6.07, 6.45) is 4.38. The van der Waals surface area contributed by atoms with Crippen molar-refractivity contribution in [1.29, 1.82) is 0 Å². The molecule has 1 aromatic carbocycles. The molecule has 4 nitrogen and oxygen atoms in total. The fourth-order valence-electron chi connectivity index (χ4n) is 1.82. The van der Waals surface area contributed by atoms with Crippen molar-refractivity contribution in [3.63, 3.8) is 0 Å². The second kappa shape index (κ2) is 5.84. The highest BCUT2D eigenvalue weighted by atomic mass is 79.9. The molecule has 0 spiro atoms. The highest BCUT2D eigenvalue weighted by Crippen LogP contribution is 2.28. The lowest BCUT2D eigenvalue weighted by molar-refractivity contribution is 0.528. The fourth-order valence-corrected chi connectivity index (χ4v) is 2.52. The van der Waals surface area contributed by atoms with E-state index in [4.69, 9.17) is 17.4 Å².